The first-order valence-electron chi connectivity index (χ1n) is 4.76. The van der Waals surface area contributed by atoms with Gasteiger partial charge in [0.15, 0.2) is 0 Å². The number of nitriles is 1. The predicted octanol–water partition coefficient (Wildman–Crippen LogP) is 2.13. The number of aliphatic hydroxyl groups is 1. The fourth-order valence-electron chi connectivity index (χ4n) is 1.47. The third-order valence-electron chi connectivity index (χ3n) is 2.33. The summed E-state index contributed by atoms with van der Waals surface area (Å²) in [6.07, 6.45) is 7.84. The third kappa shape index (κ3) is 2.63. The summed E-state index contributed by atoms with van der Waals surface area (Å²) in [5.74, 6) is 1.59. The Kier molecular flexibility index (Phi) is 4.24. The fraction of sp³-hybridized carbons (Fsp3) is 0.545. The van der Waals surface area contributed by atoms with Crippen molar-refractivity contribution in [1.82, 2.24) is 0 Å². The average molecular weight is 209 g/mol. The Labute approximate surface area is 89.3 Å². The molecule has 0 radical (unpaired) electrons. The molecule has 0 saturated heterocycles. The Balaban J connectivity index is 2.67. The molecular formula is C11H15NOS. The third-order valence-corrected chi connectivity index (χ3v) is 3.40. The zero-order valence-corrected chi connectivity index (χ0v) is 9.13. The minimum Gasteiger partial charge on any atom is -0.384 e. The first kappa shape index (κ1) is 11.4. The van der Waals surface area contributed by atoms with Gasteiger partial charge in [0.25, 0.3) is 0 Å². The molecule has 2 nitrogen and oxygen atoms in total. The second-order valence-corrected chi connectivity index (χ2v) is 4.62. The molecule has 0 aliphatic heterocycles. The van der Waals surface area contributed by atoms with E-state index in [2.05, 4.69) is 13.0 Å². The van der Waals surface area contributed by atoms with Crippen LogP contribution in [0.1, 0.15) is 13.3 Å². The summed E-state index contributed by atoms with van der Waals surface area (Å²) < 4.78 is 0. The van der Waals surface area contributed by atoms with E-state index in [-0.39, 0.29) is 5.92 Å². The van der Waals surface area contributed by atoms with E-state index in [1.165, 1.54) is 0 Å². The number of hydrogen-bond donors (Lipinski definition) is 1. The van der Waals surface area contributed by atoms with Gasteiger partial charge >= 0.3 is 0 Å². The van der Waals surface area contributed by atoms with Crippen molar-refractivity contribution in [2.75, 3.05) is 11.5 Å². The van der Waals surface area contributed by atoms with E-state index in [0.717, 1.165) is 5.75 Å². The van der Waals surface area contributed by atoms with Crippen molar-refractivity contribution in [2.45, 2.75) is 18.9 Å². The fourth-order valence-corrected chi connectivity index (χ4v) is 2.32. The van der Waals surface area contributed by atoms with Gasteiger partial charge in [-0.05, 0) is 5.75 Å². The highest BCUT2D eigenvalue weighted by Crippen LogP contribution is 2.30. The molecule has 0 bridgehead atoms. The zero-order valence-electron chi connectivity index (χ0n) is 8.31. The van der Waals surface area contributed by atoms with Crippen molar-refractivity contribution < 1.29 is 5.11 Å². The molecule has 2 atom stereocenters. The molecule has 0 saturated carbocycles. The standard InChI is InChI=1S/C11H15NOS/c1-2-14-9-11(13)7-4-3-5-10(11)6-8-12/h3-5,7,10,13H,2,6,9H2,1H3. The zero-order chi connectivity index (χ0) is 10.4. The number of allylic oxidation sites excluding steroid dienone is 2. The predicted molar refractivity (Wildman–Crippen MR) is 59.9 cm³/mol. The minimum atomic E-state index is -0.828. The summed E-state index contributed by atoms with van der Waals surface area (Å²) in [7, 11) is 0. The molecule has 0 fully saturated rings. The van der Waals surface area contributed by atoms with E-state index < -0.39 is 5.60 Å². The molecule has 1 rings (SSSR count). The highest BCUT2D eigenvalue weighted by atomic mass is 32.2. The van der Waals surface area contributed by atoms with E-state index in [1.54, 1.807) is 17.8 Å². The molecule has 76 valence electrons. The normalized spacial score (nSPS) is 30.2. The smallest absolute Gasteiger partial charge is 0.0992 e. The second-order valence-electron chi connectivity index (χ2n) is 3.34. The van der Waals surface area contributed by atoms with Crippen molar-refractivity contribution in [3.8, 4) is 6.07 Å². The van der Waals surface area contributed by atoms with Crippen molar-refractivity contribution in [3.05, 3.63) is 24.3 Å². The number of rotatable bonds is 4. The van der Waals surface area contributed by atoms with Gasteiger partial charge in [0.2, 0.25) is 0 Å². The molecule has 0 spiro atoms. The van der Waals surface area contributed by atoms with Crippen LogP contribution in [0, 0.1) is 17.2 Å². The maximum absolute atomic E-state index is 10.3. The van der Waals surface area contributed by atoms with Crippen LogP contribution in [0.3, 0.4) is 0 Å². The SMILES string of the molecule is CCSCC1(O)C=CC=CC1CC#N. The van der Waals surface area contributed by atoms with Crippen LogP contribution in [0.4, 0.5) is 0 Å². The van der Waals surface area contributed by atoms with Gasteiger partial charge in [0.1, 0.15) is 0 Å². The quantitative estimate of drug-likeness (QED) is 0.771. The van der Waals surface area contributed by atoms with E-state index in [4.69, 9.17) is 5.26 Å². The van der Waals surface area contributed by atoms with Gasteiger partial charge in [0.05, 0.1) is 11.7 Å². The van der Waals surface area contributed by atoms with Gasteiger partial charge in [-0.3, -0.25) is 0 Å². The number of nitrogens with zero attached hydrogens (tertiary/aromatic N) is 1. The molecule has 0 amide bonds. The van der Waals surface area contributed by atoms with Crippen LogP contribution in [-0.4, -0.2) is 22.2 Å². The molecule has 0 aromatic heterocycles. The molecule has 1 aliphatic carbocycles. The van der Waals surface area contributed by atoms with Gasteiger partial charge in [0, 0.05) is 18.1 Å². The van der Waals surface area contributed by atoms with Gasteiger partial charge < -0.3 is 5.11 Å². The average Bonchev–Trinajstić information content (AvgIpc) is 2.19. The number of thioether (sulfide) groups is 1. The second kappa shape index (κ2) is 5.23. The maximum Gasteiger partial charge on any atom is 0.0992 e. The molecule has 1 aliphatic rings. The van der Waals surface area contributed by atoms with Crippen LogP contribution in [0.25, 0.3) is 0 Å². The van der Waals surface area contributed by atoms with Crippen LogP contribution in [0.5, 0.6) is 0 Å². The lowest BCUT2D eigenvalue weighted by Gasteiger charge is -2.32. The van der Waals surface area contributed by atoms with Crippen molar-refractivity contribution in [1.29, 1.82) is 5.26 Å². The molecule has 2 unspecified atom stereocenters. The molecule has 0 heterocycles. The highest BCUT2D eigenvalue weighted by Gasteiger charge is 2.33. The first-order chi connectivity index (χ1) is 6.73. The van der Waals surface area contributed by atoms with Crippen LogP contribution in [-0.2, 0) is 0 Å². The van der Waals surface area contributed by atoms with Gasteiger partial charge in [-0.2, -0.15) is 17.0 Å². The summed E-state index contributed by atoms with van der Waals surface area (Å²) >= 11 is 1.70. The Morgan fingerprint density at radius 2 is 2.36 bits per heavy atom. The topological polar surface area (TPSA) is 44.0 Å². The first-order valence-corrected chi connectivity index (χ1v) is 5.91. The molecule has 14 heavy (non-hydrogen) atoms. The minimum absolute atomic E-state index is 0.0588. The number of hydrogen-bond acceptors (Lipinski definition) is 3. The van der Waals surface area contributed by atoms with E-state index in [0.29, 0.717) is 12.2 Å². The van der Waals surface area contributed by atoms with Crippen LogP contribution in [0.15, 0.2) is 24.3 Å². The summed E-state index contributed by atoms with van der Waals surface area (Å²) in [5.41, 5.74) is -0.828. The molecule has 1 N–H and O–H groups in total. The lowest BCUT2D eigenvalue weighted by atomic mass is 9.83. The molecular weight excluding hydrogens is 194 g/mol. The monoisotopic (exact) mass is 209 g/mol. The molecule has 0 aromatic rings. The summed E-state index contributed by atoms with van der Waals surface area (Å²) in [5, 5.41) is 18.9. The van der Waals surface area contributed by atoms with Crippen LogP contribution < -0.4 is 0 Å². The maximum atomic E-state index is 10.3. The highest BCUT2D eigenvalue weighted by molar-refractivity contribution is 7.99. The van der Waals surface area contributed by atoms with E-state index in [1.807, 2.05) is 18.2 Å². The van der Waals surface area contributed by atoms with Gasteiger partial charge in [-0.1, -0.05) is 31.2 Å². The Hall–Kier alpha value is -0.720. The Morgan fingerprint density at radius 3 is 3.00 bits per heavy atom. The van der Waals surface area contributed by atoms with Crippen molar-refractivity contribution in [2.24, 2.45) is 5.92 Å². The summed E-state index contributed by atoms with van der Waals surface area (Å²) in [6.45, 7) is 2.07. The molecule has 3 heteroatoms. The van der Waals surface area contributed by atoms with E-state index in [9.17, 15) is 5.11 Å². The molecule has 0 aromatic carbocycles. The largest absolute Gasteiger partial charge is 0.384 e. The Bertz CT molecular complexity index is 280. The lowest BCUT2D eigenvalue weighted by molar-refractivity contribution is 0.0722. The van der Waals surface area contributed by atoms with Crippen LogP contribution >= 0.6 is 11.8 Å². The van der Waals surface area contributed by atoms with Gasteiger partial charge in [-0.25, -0.2) is 0 Å². The van der Waals surface area contributed by atoms with Crippen LogP contribution in [0.2, 0.25) is 0 Å². The Morgan fingerprint density at radius 1 is 1.57 bits per heavy atom. The van der Waals surface area contributed by atoms with Gasteiger partial charge in [-0.15, -0.1) is 0 Å². The summed E-state index contributed by atoms with van der Waals surface area (Å²) in [6, 6.07) is 2.11. The summed E-state index contributed by atoms with van der Waals surface area (Å²) in [4.78, 5) is 0. The lowest BCUT2D eigenvalue weighted by Crippen LogP contribution is -2.38. The van der Waals surface area contributed by atoms with E-state index >= 15 is 0 Å². The van der Waals surface area contributed by atoms with Crippen molar-refractivity contribution >= 4 is 11.8 Å². The van der Waals surface area contributed by atoms with Crippen molar-refractivity contribution in [3.63, 3.8) is 0 Å².